The molecule has 0 aliphatic heterocycles. The van der Waals surface area contributed by atoms with Crippen LogP contribution >= 0.6 is 11.8 Å². The van der Waals surface area contributed by atoms with Crippen LogP contribution in [0.2, 0.25) is 0 Å². The molecular formula is C21H24N4O3S. The van der Waals surface area contributed by atoms with Crippen LogP contribution < -0.4 is 14.8 Å². The van der Waals surface area contributed by atoms with Crippen molar-refractivity contribution < 1.29 is 14.3 Å². The van der Waals surface area contributed by atoms with Gasteiger partial charge in [-0.3, -0.25) is 4.79 Å². The van der Waals surface area contributed by atoms with Gasteiger partial charge >= 0.3 is 0 Å². The number of thioether (sulfide) groups is 1. The molecule has 0 aliphatic carbocycles. The monoisotopic (exact) mass is 412 g/mol. The van der Waals surface area contributed by atoms with Crippen LogP contribution in [0.25, 0.3) is 0 Å². The first-order valence-corrected chi connectivity index (χ1v) is 10.1. The number of hydrogen-bond donors (Lipinski definition) is 1. The van der Waals surface area contributed by atoms with E-state index in [1.165, 1.54) is 11.8 Å². The molecule has 0 fully saturated rings. The number of amides is 1. The number of ether oxygens (including phenoxy) is 2. The molecule has 0 bridgehead atoms. The summed E-state index contributed by atoms with van der Waals surface area (Å²) >= 11 is 1.35. The number of aromatic nitrogens is 3. The number of methoxy groups -OCH3 is 1. The fourth-order valence-electron chi connectivity index (χ4n) is 2.67. The zero-order valence-electron chi connectivity index (χ0n) is 16.8. The van der Waals surface area contributed by atoms with Gasteiger partial charge in [0.25, 0.3) is 0 Å². The molecule has 0 aliphatic rings. The van der Waals surface area contributed by atoms with E-state index in [-0.39, 0.29) is 17.3 Å². The maximum Gasteiger partial charge on any atom is 0.237 e. The smallest absolute Gasteiger partial charge is 0.237 e. The molecule has 3 rings (SSSR count). The van der Waals surface area contributed by atoms with E-state index in [0.29, 0.717) is 16.7 Å². The quantitative estimate of drug-likeness (QED) is 0.562. The Labute approximate surface area is 174 Å². The van der Waals surface area contributed by atoms with Gasteiger partial charge in [0, 0.05) is 12.7 Å². The standard InChI is InChI=1S/C21H24N4O3S/c1-14(28-18-12-10-17(27-4)11-13-18)19-23-24-21(25(19)3)29-15(2)20(26)22-16-8-6-5-7-9-16/h5-15H,1-4H3,(H,22,26). The molecule has 2 aromatic carbocycles. The molecule has 29 heavy (non-hydrogen) atoms. The first-order valence-electron chi connectivity index (χ1n) is 9.20. The number of nitrogens with zero attached hydrogens (tertiary/aromatic N) is 3. The number of benzene rings is 2. The van der Waals surface area contributed by atoms with Crippen molar-refractivity contribution in [3.63, 3.8) is 0 Å². The predicted octanol–water partition coefficient (Wildman–Crippen LogP) is 4.08. The van der Waals surface area contributed by atoms with Crippen LogP contribution in [0.15, 0.2) is 59.8 Å². The summed E-state index contributed by atoms with van der Waals surface area (Å²) < 4.78 is 13.0. The second-order valence-corrected chi connectivity index (χ2v) is 7.76. The van der Waals surface area contributed by atoms with Crippen molar-refractivity contribution in [1.82, 2.24) is 14.8 Å². The van der Waals surface area contributed by atoms with Crippen LogP contribution in [0.3, 0.4) is 0 Å². The van der Waals surface area contributed by atoms with Crippen LogP contribution in [0.1, 0.15) is 25.8 Å². The molecule has 1 amide bonds. The Hall–Kier alpha value is -3.00. The zero-order chi connectivity index (χ0) is 20.8. The summed E-state index contributed by atoms with van der Waals surface area (Å²) in [5, 5.41) is 11.7. The van der Waals surface area contributed by atoms with E-state index in [1.807, 2.05) is 80.1 Å². The van der Waals surface area contributed by atoms with Crippen molar-refractivity contribution in [2.45, 2.75) is 30.4 Å². The van der Waals surface area contributed by atoms with Gasteiger partial charge in [0.2, 0.25) is 5.91 Å². The molecule has 0 spiro atoms. The minimum atomic E-state index is -0.330. The lowest BCUT2D eigenvalue weighted by molar-refractivity contribution is -0.115. The van der Waals surface area contributed by atoms with Crippen LogP contribution in [-0.2, 0) is 11.8 Å². The van der Waals surface area contributed by atoms with Crippen LogP contribution in [0, 0.1) is 0 Å². The van der Waals surface area contributed by atoms with Crippen LogP contribution in [0.5, 0.6) is 11.5 Å². The molecule has 2 atom stereocenters. The highest BCUT2D eigenvalue weighted by molar-refractivity contribution is 8.00. The van der Waals surface area contributed by atoms with E-state index in [9.17, 15) is 4.79 Å². The van der Waals surface area contributed by atoms with Gasteiger partial charge in [-0.05, 0) is 50.2 Å². The Morgan fingerprint density at radius 3 is 2.34 bits per heavy atom. The number of hydrogen-bond acceptors (Lipinski definition) is 6. The molecule has 1 N–H and O–H groups in total. The lowest BCUT2D eigenvalue weighted by Gasteiger charge is -2.15. The molecule has 8 heteroatoms. The van der Waals surface area contributed by atoms with E-state index in [1.54, 1.807) is 7.11 Å². The fourth-order valence-corrected chi connectivity index (χ4v) is 3.49. The van der Waals surface area contributed by atoms with Gasteiger partial charge < -0.3 is 19.4 Å². The maximum atomic E-state index is 12.4. The number of nitrogens with one attached hydrogen (secondary N) is 1. The second kappa shape index (κ2) is 9.47. The van der Waals surface area contributed by atoms with Gasteiger partial charge in [-0.1, -0.05) is 30.0 Å². The third-order valence-electron chi connectivity index (χ3n) is 4.30. The molecule has 2 unspecified atom stereocenters. The Bertz CT molecular complexity index is 944. The molecule has 1 heterocycles. The topological polar surface area (TPSA) is 78.3 Å². The molecule has 3 aromatic rings. The van der Waals surface area contributed by atoms with Crippen LogP contribution in [0.4, 0.5) is 5.69 Å². The lowest BCUT2D eigenvalue weighted by Crippen LogP contribution is -2.22. The van der Waals surface area contributed by atoms with Crippen molar-refractivity contribution >= 4 is 23.4 Å². The van der Waals surface area contributed by atoms with Crippen molar-refractivity contribution in [1.29, 1.82) is 0 Å². The Morgan fingerprint density at radius 2 is 1.69 bits per heavy atom. The highest BCUT2D eigenvalue weighted by atomic mass is 32.2. The third-order valence-corrected chi connectivity index (χ3v) is 5.43. The van der Waals surface area contributed by atoms with E-state index < -0.39 is 0 Å². The SMILES string of the molecule is COc1ccc(OC(C)c2nnc(SC(C)C(=O)Nc3ccccc3)n2C)cc1. The number of carbonyl (C=O) groups is 1. The summed E-state index contributed by atoms with van der Waals surface area (Å²) in [6.07, 6.45) is -0.302. The normalized spacial score (nSPS) is 12.8. The first kappa shape index (κ1) is 20.7. The Morgan fingerprint density at radius 1 is 1.03 bits per heavy atom. The van der Waals surface area contributed by atoms with Gasteiger partial charge in [0.05, 0.1) is 12.4 Å². The van der Waals surface area contributed by atoms with Crippen molar-refractivity contribution in [3.8, 4) is 11.5 Å². The Balaban J connectivity index is 1.62. The zero-order valence-corrected chi connectivity index (χ0v) is 17.6. The third kappa shape index (κ3) is 5.29. The summed E-state index contributed by atoms with van der Waals surface area (Å²) in [6.45, 7) is 3.75. The maximum absolute atomic E-state index is 12.4. The molecule has 0 radical (unpaired) electrons. The Kier molecular flexibility index (Phi) is 6.77. The van der Waals surface area contributed by atoms with Gasteiger partial charge in [-0.2, -0.15) is 0 Å². The summed E-state index contributed by atoms with van der Waals surface area (Å²) in [5.74, 6) is 2.07. The summed E-state index contributed by atoms with van der Waals surface area (Å²) in [6, 6.07) is 16.7. The van der Waals surface area contributed by atoms with E-state index >= 15 is 0 Å². The minimum Gasteiger partial charge on any atom is -0.497 e. The largest absolute Gasteiger partial charge is 0.497 e. The highest BCUT2D eigenvalue weighted by Gasteiger charge is 2.21. The molecule has 7 nitrogen and oxygen atoms in total. The molecule has 0 saturated carbocycles. The average Bonchev–Trinajstić information content (AvgIpc) is 3.09. The highest BCUT2D eigenvalue weighted by Crippen LogP contribution is 2.27. The number of anilines is 1. The van der Waals surface area contributed by atoms with E-state index in [0.717, 1.165) is 11.4 Å². The van der Waals surface area contributed by atoms with Gasteiger partial charge in [0.15, 0.2) is 17.1 Å². The van der Waals surface area contributed by atoms with Crippen molar-refractivity contribution in [3.05, 3.63) is 60.4 Å². The first-order chi connectivity index (χ1) is 14.0. The molecule has 152 valence electrons. The minimum absolute atomic E-state index is 0.0896. The molecular weight excluding hydrogens is 388 g/mol. The number of carbonyl (C=O) groups excluding carboxylic acids is 1. The van der Waals surface area contributed by atoms with E-state index in [4.69, 9.17) is 9.47 Å². The van der Waals surface area contributed by atoms with Gasteiger partial charge in [0.1, 0.15) is 11.5 Å². The number of para-hydroxylation sites is 1. The summed E-state index contributed by atoms with van der Waals surface area (Å²) in [7, 11) is 3.49. The second-order valence-electron chi connectivity index (χ2n) is 6.45. The van der Waals surface area contributed by atoms with Crippen molar-refractivity contribution in [2.24, 2.45) is 7.05 Å². The average molecular weight is 413 g/mol. The predicted molar refractivity (Wildman–Crippen MR) is 113 cm³/mol. The van der Waals surface area contributed by atoms with Gasteiger partial charge in [-0.25, -0.2) is 0 Å². The van der Waals surface area contributed by atoms with Crippen molar-refractivity contribution in [2.75, 3.05) is 12.4 Å². The fraction of sp³-hybridized carbons (Fsp3) is 0.286. The number of rotatable bonds is 8. The van der Waals surface area contributed by atoms with Crippen LogP contribution in [-0.4, -0.2) is 33.0 Å². The summed E-state index contributed by atoms with van der Waals surface area (Å²) in [5.41, 5.74) is 0.769. The summed E-state index contributed by atoms with van der Waals surface area (Å²) in [4.78, 5) is 12.4. The van der Waals surface area contributed by atoms with Gasteiger partial charge in [-0.15, -0.1) is 10.2 Å². The van der Waals surface area contributed by atoms with E-state index in [2.05, 4.69) is 15.5 Å². The molecule has 1 aromatic heterocycles. The molecule has 0 saturated heterocycles. The lowest BCUT2D eigenvalue weighted by atomic mass is 10.3.